The van der Waals surface area contributed by atoms with Crippen molar-refractivity contribution in [3.8, 4) is 0 Å². The number of halogens is 1. The van der Waals surface area contributed by atoms with Crippen molar-refractivity contribution < 1.29 is 13.9 Å². The minimum absolute atomic E-state index is 0.290. The van der Waals surface area contributed by atoms with E-state index in [9.17, 15) is 9.18 Å². The summed E-state index contributed by atoms with van der Waals surface area (Å²) < 4.78 is 17.6. The Bertz CT molecular complexity index is 435. The molecule has 0 radical (unpaired) electrons. The molecule has 17 heavy (non-hydrogen) atoms. The first-order valence-corrected chi connectivity index (χ1v) is 5.57. The first-order valence-electron chi connectivity index (χ1n) is 5.57. The van der Waals surface area contributed by atoms with Gasteiger partial charge in [-0.25, -0.2) is 4.39 Å². The van der Waals surface area contributed by atoms with E-state index in [0.29, 0.717) is 0 Å². The van der Waals surface area contributed by atoms with E-state index in [-0.39, 0.29) is 5.82 Å². The molecule has 1 aliphatic rings. The Morgan fingerprint density at radius 2 is 1.94 bits per heavy atom. The van der Waals surface area contributed by atoms with E-state index in [1.807, 2.05) is 0 Å². The van der Waals surface area contributed by atoms with Crippen molar-refractivity contribution in [3.05, 3.63) is 35.6 Å². The summed E-state index contributed by atoms with van der Waals surface area (Å²) in [7, 11) is 1.33. The first-order chi connectivity index (χ1) is 7.94. The molecule has 1 atom stereocenters. The molecule has 4 heteroatoms. The third-order valence-electron chi connectivity index (χ3n) is 3.75. The van der Waals surface area contributed by atoms with Crippen LogP contribution < -0.4 is 5.73 Å². The van der Waals surface area contributed by atoms with Crippen LogP contribution in [0.15, 0.2) is 24.3 Å². The summed E-state index contributed by atoms with van der Waals surface area (Å²) in [5.74, 6) is -0.722. The fourth-order valence-corrected chi connectivity index (χ4v) is 2.41. The molecule has 0 aliphatic heterocycles. The lowest BCUT2D eigenvalue weighted by Crippen LogP contribution is -2.55. The van der Waals surface area contributed by atoms with Crippen LogP contribution >= 0.6 is 0 Å². The van der Waals surface area contributed by atoms with Crippen LogP contribution in [0, 0.1) is 5.82 Å². The number of nitrogens with two attached hydrogens (primary N) is 1. The average Bonchev–Trinajstić information content (AvgIpc) is 3.10. The van der Waals surface area contributed by atoms with E-state index < -0.39 is 16.9 Å². The molecule has 2 N–H and O–H groups in total. The van der Waals surface area contributed by atoms with Crippen LogP contribution in [-0.4, -0.2) is 18.6 Å². The highest BCUT2D eigenvalue weighted by Crippen LogP contribution is 2.55. The van der Waals surface area contributed by atoms with Gasteiger partial charge in [0.05, 0.1) is 7.11 Å². The van der Waals surface area contributed by atoms with Crippen LogP contribution in [0.1, 0.15) is 25.3 Å². The Balaban J connectivity index is 2.37. The van der Waals surface area contributed by atoms with Crippen molar-refractivity contribution >= 4 is 5.97 Å². The highest BCUT2D eigenvalue weighted by Gasteiger charge is 2.60. The van der Waals surface area contributed by atoms with Gasteiger partial charge < -0.3 is 10.5 Å². The predicted molar refractivity (Wildman–Crippen MR) is 61.9 cm³/mol. The topological polar surface area (TPSA) is 52.3 Å². The SMILES string of the molecule is COC(=O)C(C)(N)C1(c2ccc(F)cc2)CC1. The van der Waals surface area contributed by atoms with Crippen LogP contribution in [0.3, 0.4) is 0 Å². The summed E-state index contributed by atoms with van der Waals surface area (Å²) in [5, 5.41) is 0. The van der Waals surface area contributed by atoms with E-state index in [1.165, 1.54) is 19.2 Å². The molecular formula is C13H16FNO2. The van der Waals surface area contributed by atoms with E-state index >= 15 is 0 Å². The Labute approximate surface area is 99.8 Å². The number of hydrogen-bond acceptors (Lipinski definition) is 3. The van der Waals surface area contributed by atoms with Crippen molar-refractivity contribution in [3.63, 3.8) is 0 Å². The summed E-state index contributed by atoms with van der Waals surface area (Å²) in [6.07, 6.45) is 1.64. The number of rotatable bonds is 3. The summed E-state index contributed by atoms with van der Waals surface area (Å²) in [6, 6.07) is 6.16. The molecule has 1 unspecified atom stereocenters. The van der Waals surface area contributed by atoms with Gasteiger partial charge in [-0.2, -0.15) is 0 Å². The smallest absolute Gasteiger partial charge is 0.326 e. The molecule has 3 nitrogen and oxygen atoms in total. The fourth-order valence-electron chi connectivity index (χ4n) is 2.41. The minimum Gasteiger partial charge on any atom is -0.468 e. The zero-order chi connectivity index (χ0) is 12.7. The minimum atomic E-state index is -1.07. The lowest BCUT2D eigenvalue weighted by atomic mass is 9.78. The van der Waals surface area contributed by atoms with E-state index in [2.05, 4.69) is 0 Å². The first kappa shape index (κ1) is 12.0. The maximum absolute atomic E-state index is 12.9. The van der Waals surface area contributed by atoms with E-state index in [1.54, 1.807) is 19.1 Å². The Morgan fingerprint density at radius 1 is 1.41 bits per heavy atom. The lowest BCUT2D eigenvalue weighted by Gasteiger charge is -2.32. The third-order valence-corrected chi connectivity index (χ3v) is 3.75. The molecule has 0 saturated heterocycles. The number of carbonyl (C=O) groups excluding carboxylic acids is 1. The van der Waals surface area contributed by atoms with Gasteiger partial charge in [0.1, 0.15) is 11.4 Å². The molecule has 0 amide bonds. The van der Waals surface area contributed by atoms with Crippen LogP contribution in [0.4, 0.5) is 4.39 Å². The van der Waals surface area contributed by atoms with Gasteiger partial charge in [-0.15, -0.1) is 0 Å². The summed E-state index contributed by atoms with van der Waals surface area (Å²) >= 11 is 0. The molecule has 1 aromatic carbocycles. The van der Waals surface area contributed by atoms with Gasteiger partial charge in [0.25, 0.3) is 0 Å². The van der Waals surface area contributed by atoms with Crippen LogP contribution in [0.25, 0.3) is 0 Å². The van der Waals surface area contributed by atoms with Gasteiger partial charge in [-0.05, 0) is 37.5 Å². The van der Waals surface area contributed by atoms with Gasteiger partial charge in [0.2, 0.25) is 0 Å². The number of ether oxygens (including phenoxy) is 1. The van der Waals surface area contributed by atoms with Gasteiger partial charge in [-0.3, -0.25) is 4.79 Å². The molecule has 1 aliphatic carbocycles. The highest BCUT2D eigenvalue weighted by atomic mass is 19.1. The van der Waals surface area contributed by atoms with Gasteiger partial charge in [0.15, 0.2) is 0 Å². The summed E-state index contributed by atoms with van der Waals surface area (Å²) in [4.78, 5) is 11.7. The second kappa shape index (κ2) is 3.81. The number of hydrogen-bond donors (Lipinski definition) is 1. The van der Waals surface area contributed by atoms with Crippen molar-refractivity contribution in [2.75, 3.05) is 7.11 Å². The molecule has 92 valence electrons. The molecule has 2 rings (SSSR count). The van der Waals surface area contributed by atoms with Gasteiger partial charge in [-0.1, -0.05) is 12.1 Å². The number of carbonyl (C=O) groups is 1. The molecule has 0 heterocycles. The average molecular weight is 237 g/mol. The maximum atomic E-state index is 12.9. The predicted octanol–water partition coefficient (Wildman–Crippen LogP) is 1.75. The highest BCUT2D eigenvalue weighted by molar-refractivity contribution is 5.83. The molecule has 0 bridgehead atoms. The lowest BCUT2D eigenvalue weighted by molar-refractivity contribution is -0.147. The van der Waals surface area contributed by atoms with Crippen molar-refractivity contribution in [1.82, 2.24) is 0 Å². The van der Waals surface area contributed by atoms with Crippen LogP contribution in [0.5, 0.6) is 0 Å². The Kier molecular flexibility index (Phi) is 2.70. The van der Waals surface area contributed by atoms with Crippen molar-refractivity contribution in [2.45, 2.75) is 30.7 Å². The second-order valence-electron chi connectivity index (χ2n) is 4.78. The number of esters is 1. The van der Waals surface area contributed by atoms with E-state index in [4.69, 9.17) is 10.5 Å². The van der Waals surface area contributed by atoms with Gasteiger partial charge in [0, 0.05) is 5.41 Å². The quantitative estimate of drug-likeness (QED) is 0.815. The molecule has 1 aromatic rings. The fraction of sp³-hybridized carbons (Fsp3) is 0.462. The molecule has 0 aromatic heterocycles. The largest absolute Gasteiger partial charge is 0.468 e. The van der Waals surface area contributed by atoms with Crippen LogP contribution in [0.2, 0.25) is 0 Å². The number of methoxy groups -OCH3 is 1. The van der Waals surface area contributed by atoms with Crippen molar-refractivity contribution in [1.29, 1.82) is 0 Å². The number of benzene rings is 1. The van der Waals surface area contributed by atoms with Crippen LogP contribution in [-0.2, 0) is 14.9 Å². The zero-order valence-corrected chi connectivity index (χ0v) is 10.00. The van der Waals surface area contributed by atoms with Crippen molar-refractivity contribution in [2.24, 2.45) is 5.73 Å². The molecule has 1 fully saturated rings. The molecule has 0 spiro atoms. The molecule has 1 saturated carbocycles. The Morgan fingerprint density at radius 3 is 2.35 bits per heavy atom. The van der Waals surface area contributed by atoms with Gasteiger partial charge >= 0.3 is 5.97 Å². The standard InChI is InChI=1S/C13H16FNO2/c1-12(15,11(16)17-2)13(7-8-13)9-3-5-10(14)6-4-9/h3-6H,7-8,15H2,1-2H3. The summed E-state index contributed by atoms with van der Waals surface area (Å²) in [6.45, 7) is 1.68. The monoisotopic (exact) mass is 237 g/mol. The maximum Gasteiger partial charge on any atom is 0.326 e. The second-order valence-corrected chi connectivity index (χ2v) is 4.78. The Hall–Kier alpha value is -1.42. The van der Waals surface area contributed by atoms with E-state index in [0.717, 1.165) is 18.4 Å². The third kappa shape index (κ3) is 1.72. The molecular weight excluding hydrogens is 221 g/mol. The summed E-state index contributed by atoms with van der Waals surface area (Å²) in [5.41, 5.74) is 5.53. The zero-order valence-electron chi connectivity index (χ0n) is 10.00. The normalized spacial score (nSPS) is 20.5.